The number of nitrogens with zero attached hydrogens (tertiary/aromatic N) is 15. The number of aromatic amines is 2. The molecule has 2 aliphatic rings. The quantitative estimate of drug-likeness (QED) is 0.143. The lowest BCUT2D eigenvalue weighted by molar-refractivity contribution is 0.234. The van der Waals surface area contributed by atoms with Gasteiger partial charge in [-0.25, -0.2) is 15.0 Å². The molecular formula is C84H109N17O2S2. The molecule has 3 unspecified atom stereocenters. The number of aryl methyl sites for hydroxylation is 1. The summed E-state index contributed by atoms with van der Waals surface area (Å²) >= 11 is 3.20. The van der Waals surface area contributed by atoms with Gasteiger partial charge in [0.1, 0.15) is 27.6 Å². The first kappa shape index (κ1) is 79.8. The molecule has 16 rings (SSSR count). The first-order valence-corrected chi connectivity index (χ1v) is 37.6. The zero-order valence-corrected chi connectivity index (χ0v) is 68.1. The highest BCUT2D eigenvalue weighted by atomic mass is 32.1. The topological polar surface area (TPSA) is 242 Å². The standard InChI is InChI=1S/C11H15N3.C11H18N2.2C11H13NO.2C10H13N3.2C10H12N2S/c1-11(2,3)9-6-12-5-8-7-14(4)13-10(8)9;2*1-11(2,3)9-7-12-6-8-4-5-13-10(8)9;1-11(2,3)8-7-13-9-5-4-6-12-10(8)9;1-10(2,3)8-6-11-4-7-5-12-13-9(7)8;1-10(2,3)8-6-12-9-7(13-8)4-5-11-9;1-10(2,3)7-4-11-5-8-9(7)12-6-13-8;1-10(2,3)9-8-7(12-13-9)5-4-6-11-8/h5-7H,1-4H3;5,7-10H,4,6H2,1-3H3;2*4-7H,1-3H3;4-6H,1-3H3,(H,12,13);4-6H,1-3H3,(H,11,12);2*4-6H,1-3H3. The van der Waals surface area contributed by atoms with Crippen molar-refractivity contribution in [3.8, 4) is 0 Å². The number of aliphatic imine (C=N–C) groups is 2. The van der Waals surface area contributed by atoms with E-state index in [1.807, 2.05) is 128 Å². The number of hydrogen-bond donors (Lipinski definition) is 2. The lowest BCUT2D eigenvalue weighted by Crippen LogP contribution is -2.39. The van der Waals surface area contributed by atoms with Crippen LogP contribution in [0.5, 0.6) is 0 Å². The van der Waals surface area contributed by atoms with Crippen LogP contribution in [0.3, 0.4) is 0 Å². The summed E-state index contributed by atoms with van der Waals surface area (Å²) in [5.74, 6) is 1.22. The van der Waals surface area contributed by atoms with E-state index in [1.165, 1.54) is 31.8 Å². The molecule has 19 nitrogen and oxygen atoms in total. The fraction of sp³-hybridized carbons (Fsp3) is 0.452. The molecule has 2 aliphatic heterocycles. The highest BCUT2D eigenvalue weighted by molar-refractivity contribution is 7.16. The molecule has 0 fully saturated rings. The first-order valence-electron chi connectivity index (χ1n) is 36.0. The van der Waals surface area contributed by atoms with E-state index >= 15 is 0 Å². The third-order valence-electron chi connectivity index (χ3n) is 17.9. The molecule has 0 aromatic carbocycles. The minimum Gasteiger partial charge on any atom is -0.464 e. The second-order valence-corrected chi connectivity index (χ2v) is 36.8. The Morgan fingerprint density at radius 2 is 1.14 bits per heavy atom. The van der Waals surface area contributed by atoms with Gasteiger partial charge in [0.25, 0.3) is 0 Å². The Bertz CT molecular complexity index is 4900. The molecule has 0 radical (unpaired) electrons. The van der Waals surface area contributed by atoms with Gasteiger partial charge in [0.05, 0.1) is 68.3 Å². The zero-order chi connectivity index (χ0) is 76.7. The van der Waals surface area contributed by atoms with Gasteiger partial charge in [-0.1, -0.05) is 166 Å². The zero-order valence-electron chi connectivity index (χ0n) is 66.4. The van der Waals surface area contributed by atoms with Crippen LogP contribution in [0, 0.1) is 17.3 Å². The van der Waals surface area contributed by atoms with Crippen molar-refractivity contribution in [2.45, 2.75) is 217 Å². The van der Waals surface area contributed by atoms with Crippen molar-refractivity contribution < 1.29 is 8.83 Å². The molecule has 14 aromatic rings. The van der Waals surface area contributed by atoms with Gasteiger partial charge >= 0.3 is 0 Å². The van der Waals surface area contributed by atoms with Crippen LogP contribution in [0.4, 0.5) is 0 Å². The van der Waals surface area contributed by atoms with Gasteiger partial charge in [0.15, 0.2) is 11.2 Å². The maximum Gasteiger partial charge on any atom is 0.156 e. The third-order valence-corrected chi connectivity index (χ3v) is 20.0. The van der Waals surface area contributed by atoms with Gasteiger partial charge in [0.2, 0.25) is 0 Å². The fourth-order valence-corrected chi connectivity index (χ4v) is 13.5. The van der Waals surface area contributed by atoms with Crippen LogP contribution < -0.4 is 0 Å². The minimum absolute atomic E-state index is 0.0679. The number of nitrogens with one attached hydrogen (secondary N) is 2. The average Bonchev–Trinajstić information content (AvgIpc) is 1.70. The molecule has 3 atom stereocenters. The predicted molar refractivity (Wildman–Crippen MR) is 437 cm³/mol. The maximum atomic E-state index is 5.44. The average molecular weight is 1450 g/mol. The van der Waals surface area contributed by atoms with Gasteiger partial charge in [-0.2, -0.15) is 14.6 Å². The molecule has 14 aromatic heterocycles. The van der Waals surface area contributed by atoms with Crippen molar-refractivity contribution in [3.05, 3.63) is 180 Å². The Kier molecular flexibility index (Phi) is 24.4. The molecule has 0 bridgehead atoms. The lowest BCUT2D eigenvalue weighted by atomic mass is 9.72. The number of fused-ring (bicyclic) bond motifs is 8. The van der Waals surface area contributed by atoms with E-state index in [-0.39, 0.29) is 37.9 Å². The van der Waals surface area contributed by atoms with E-state index in [2.05, 4.69) is 258 Å². The number of thiazole rings is 1. The number of aromatic nitrogens is 15. The Labute approximate surface area is 627 Å². The van der Waals surface area contributed by atoms with Crippen molar-refractivity contribution in [1.82, 2.24) is 74.2 Å². The summed E-state index contributed by atoms with van der Waals surface area (Å²) in [6.45, 7) is 53.3. The van der Waals surface area contributed by atoms with Crippen molar-refractivity contribution in [1.29, 1.82) is 0 Å². The summed E-state index contributed by atoms with van der Waals surface area (Å²) in [7, 11) is 1.94. The summed E-state index contributed by atoms with van der Waals surface area (Å²) in [5.41, 5.74) is 19.8. The van der Waals surface area contributed by atoms with Gasteiger partial charge in [-0.3, -0.25) is 49.7 Å². The van der Waals surface area contributed by atoms with Crippen molar-refractivity contribution in [2.24, 2.45) is 34.3 Å². The molecule has 0 saturated carbocycles. The summed E-state index contributed by atoms with van der Waals surface area (Å²) < 4.78 is 18.2. The highest BCUT2D eigenvalue weighted by Gasteiger charge is 2.39. The molecule has 0 saturated heterocycles. The molecule has 0 amide bonds. The normalized spacial score (nSPS) is 15.4. The molecule has 554 valence electrons. The van der Waals surface area contributed by atoms with E-state index in [4.69, 9.17) is 8.83 Å². The van der Waals surface area contributed by atoms with Crippen LogP contribution in [0.15, 0.2) is 160 Å². The van der Waals surface area contributed by atoms with Crippen LogP contribution in [-0.2, 0) is 45.0 Å². The van der Waals surface area contributed by atoms with E-state index < -0.39 is 0 Å². The summed E-state index contributed by atoms with van der Waals surface area (Å²) in [5, 5.41) is 14.7. The van der Waals surface area contributed by atoms with Crippen LogP contribution in [-0.4, -0.2) is 99.2 Å². The summed E-state index contributed by atoms with van der Waals surface area (Å²) in [6.07, 6.45) is 35.0. The van der Waals surface area contributed by atoms with Crippen LogP contribution >= 0.6 is 22.9 Å². The van der Waals surface area contributed by atoms with E-state index in [9.17, 15) is 0 Å². The summed E-state index contributed by atoms with van der Waals surface area (Å²) in [6, 6.07) is 12.2. The number of pyridine rings is 6. The summed E-state index contributed by atoms with van der Waals surface area (Å²) in [4.78, 5) is 52.0. The fourth-order valence-electron chi connectivity index (χ4n) is 12.0. The van der Waals surface area contributed by atoms with Crippen molar-refractivity contribution in [3.63, 3.8) is 0 Å². The molecule has 16 heterocycles. The lowest BCUT2D eigenvalue weighted by Gasteiger charge is -2.36. The number of H-pyrrole nitrogens is 2. The monoisotopic (exact) mass is 1450 g/mol. The maximum absolute atomic E-state index is 5.44. The Hall–Kier alpha value is -9.34. The van der Waals surface area contributed by atoms with E-state index in [1.54, 1.807) is 47.8 Å². The number of rotatable bonds is 0. The Morgan fingerprint density at radius 1 is 0.533 bits per heavy atom. The number of furan rings is 2. The molecule has 2 N–H and O–H groups in total. The molecular weight excluding hydrogens is 1340 g/mol. The van der Waals surface area contributed by atoms with Crippen LogP contribution in [0.2, 0.25) is 0 Å². The molecule has 0 aliphatic carbocycles. The van der Waals surface area contributed by atoms with Gasteiger partial charge in [-0.05, 0) is 93.1 Å². The smallest absolute Gasteiger partial charge is 0.156 e. The molecule has 0 spiro atoms. The predicted octanol–water partition coefficient (Wildman–Crippen LogP) is 21.2. The Balaban J connectivity index is 0.000000139. The Morgan fingerprint density at radius 3 is 1.79 bits per heavy atom. The van der Waals surface area contributed by atoms with Gasteiger partial charge in [0, 0.05) is 161 Å². The van der Waals surface area contributed by atoms with Crippen LogP contribution in [0.25, 0.3) is 76.3 Å². The van der Waals surface area contributed by atoms with Gasteiger partial charge in [-0.15, -0.1) is 11.3 Å². The number of hydrogen-bond acceptors (Lipinski definition) is 18. The second kappa shape index (κ2) is 32.2. The highest BCUT2D eigenvalue weighted by Crippen LogP contribution is 2.39. The van der Waals surface area contributed by atoms with E-state index in [0.29, 0.717) is 23.3 Å². The van der Waals surface area contributed by atoms with Crippen molar-refractivity contribution in [2.75, 3.05) is 6.54 Å². The van der Waals surface area contributed by atoms with Crippen molar-refractivity contribution >= 4 is 112 Å². The largest absolute Gasteiger partial charge is 0.464 e. The molecule has 21 heteroatoms. The SMILES string of the molecule is CC(C)(C)C1C=NCC2CC=NC21.CC(C)(C)c1cnc2[nH]ccc2n1.CC(C)(C)c1cncc2ccoc12.CC(C)(C)c1cncc2cn[nH]c12.CC(C)(C)c1cncc2scnc12.CC(C)(C)c1coc2cccnc12.CC(C)(C)c1snc2cccnc12.Cn1cc2cncc(C(C)(C)C)c2n1. The second-order valence-electron chi connectivity index (χ2n) is 35.2. The molecule has 105 heavy (non-hydrogen) atoms. The van der Waals surface area contributed by atoms with E-state index in [0.717, 1.165) is 95.8 Å². The third kappa shape index (κ3) is 20.4. The first-order chi connectivity index (χ1) is 49.1. The minimum atomic E-state index is 0.0679. The van der Waals surface area contributed by atoms with Crippen LogP contribution in [0.1, 0.15) is 211 Å². The van der Waals surface area contributed by atoms with Gasteiger partial charge < -0.3 is 13.8 Å².